The molecule has 1 unspecified atom stereocenters. The van der Waals surface area contributed by atoms with Gasteiger partial charge in [0.2, 0.25) is 5.91 Å². The van der Waals surface area contributed by atoms with E-state index in [0.717, 1.165) is 46.7 Å². The standard InChI is InChI=1S/C28H31N3O2/c1-20-14-15-26(21(2)18-20)33-17-9-16-31-25-13-8-7-12-24(25)30-28(31)22(3)29-27(32)19-23-10-5-4-6-11-23/h4-8,10-15,18,22H,9,16-17,19H2,1-3H3,(H,29,32). The molecule has 0 aliphatic carbocycles. The van der Waals surface area contributed by atoms with Gasteiger partial charge in [-0.3, -0.25) is 4.79 Å². The van der Waals surface area contributed by atoms with Gasteiger partial charge in [0.25, 0.3) is 0 Å². The number of carbonyl (C=O) groups excluding carboxylic acids is 1. The Labute approximate surface area is 195 Å². The molecule has 5 nitrogen and oxygen atoms in total. The Bertz CT molecular complexity index is 1230. The van der Waals surface area contributed by atoms with Crippen LogP contribution in [0.4, 0.5) is 0 Å². The third kappa shape index (κ3) is 5.61. The molecule has 0 spiro atoms. The first kappa shape index (κ1) is 22.6. The lowest BCUT2D eigenvalue weighted by atomic mass is 10.1. The lowest BCUT2D eigenvalue weighted by molar-refractivity contribution is -0.121. The third-order valence-corrected chi connectivity index (χ3v) is 5.77. The molecule has 4 aromatic rings. The van der Waals surface area contributed by atoms with E-state index in [4.69, 9.17) is 9.72 Å². The highest BCUT2D eigenvalue weighted by Crippen LogP contribution is 2.22. The fourth-order valence-electron chi connectivity index (χ4n) is 4.16. The second-order valence-corrected chi connectivity index (χ2v) is 8.53. The molecular weight excluding hydrogens is 410 g/mol. The van der Waals surface area contributed by atoms with Crippen molar-refractivity contribution in [1.29, 1.82) is 0 Å². The third-order valence-electron chi connectivity index (χ3n) is 5.77. The number of benzene rings is 3. The first-order valence-corrected chi connectivity index (χ1v) is 11.5. The minimum absolute atomic E-state index is 0.00881. The normalized spacial score (nSPS) is 12.0. The lowest BCUT2D eigenvalue weighted by Crippen LogP contribution is -2.30. The van der Waals surface area contributed by atoms with Crippen LogP contribution in [0, 0.1) is 13.8 Å². The maximum atomic E-state index is 12.6. The molecule has 0 fully saturated rings. The minimum Gasteiger partial charge on any atom is -0.493 e. The molecule has 0 bridgehead atoms. The molecule has 4 rings (SSSR count). The largest absolute Gasteiger partial charge is 0.493 e. The fraction of sp³-hybridized carbons (Fsp3) is 0.286. The number of hydrogen-bond donors (Lipinski definition) is 1. The highest BCUT2D eigenvalue weighted by atomic mass is 16.5. The molecule has 1 atom stereocenters. The van der Waals surface area contributed by atoms with Gasteiger partial charge in [0.15, 0.2) is 0 Å². The van der Waals surface area contributed by atoms with Crippen LogP contribution in [0.5, 0.6) is 5.75 Å². The van der Waals surface area contributed by atoms with Gasteiger partial charge in [-0.1, -0.05) is 60.2 Å². The van der Waals surface area contributed by atoms with E-state index in [9.17, 15) is 4.79 Å². The predicted molar refractivity (Wildman–Crippen MR) is 132 cm³/mol. The number of para-hydroxylation sites is 2. The molecule has 0 aliphatic heterocycles. The molecule has 1 aromatic heterocycles. The summed E-state index contributed by atoms with van der Waals surface area (Å²) in [4.78, 5) is 17.5. The van der Waals surface area contributed by atoms with Gasteiger partial charge in [0, 0.05) is 6.54 Å². The maximum Gasteiger partial charge on any atom is 0.224 e. The van der Waals surface area contributed by atoms with E-state index >= 15 is 0 Å². The lowest BCUT2D eigenvalue weighted by Gasteiger charge is -2.17. The Balaban J connectivity index is 1.44. The Morgan fingerprint density at radius 1 is 1.03 bits per heavy atom. The number of fused-ring (bicyclic) bond motifs is 1. The zero-order valence-corrected chi connectivity index (χ0v) is 19.5. The Morgan fingerprint density at radius 3 is 2.58 bits per heavy atom. The van der Waals surface area contributed by atoms with Gasteiger partial charge < -0.3 is 14.6 Å². The van der Waals surface area contributed by atoms with E-state index in [1.807, 2.05) is 61.5 Å². The smallest absolute Gasteiger partial charge is 0.224 e. The Kier molecular flexibility index (Phi) is 7.08. The topological polar surface area (TPSA) is 56.1 Å². The summed E-state index contributed by atoms with van der Waals surface area (Å²) in [5.74, 6) is 1.78. The van der Waals surface area contributed by atoms with Crippen molar-refractivity contribution in [3.05, 3.63) is 95.3 Å². The summed E-state index contributed by atoms with van der Waals surface area (Å²) in [6.45, 7) is 7.53. The average Bonchev–Trinajstić information content (AvgIpc) is 3.17. The number of hydrogen-bond acceptors (Lipinski definition) is 3. The van der Waals surface area contributed by atoms with Crippen molar-refractivity contribution >= 4 is 16.9 Å². The first-order valence-electron chi connectivity index (χ1n) is 11.5. The SMILES string of the molecule is Cc1ccc(OCCCn2c(C(C)NC(=O)Cc3ccccc3)nc3ccccc32)c(C)c1. The average molecular weight is 442 g/mol. The van der Waals surface area contributed by atoms with Gasteiger partial charge in [-0.2, -0.15) is 0 Å². The number of ether oxygens (including phenoxy) is 1. The highest BCUT2D eigenvalue weighted by molar-refractivity contribution is 5.79. The van der Waals surface area contributed by atoms with Crippen LogP contribution in [0.1, 0.15) is 41.9 Å². The molecular formula is C28H31N3O2. The van der Waals surface area contributed by atoms with Crippen LogP contribution in [0.15, 0.2) is 72.8 Å². The number of rotatable bonds is 9. The molecule has 5 heteroatoms. The fourth-order valence-corrected chi connectivity index (χ4v) is 4.16. The van der Waals surface area contributed by atoms with Crippen molar-refractivity contribution < 1.29 is 9.53 Å². The number of carbonyl (C=O) groups is 1. The second kappa shape index (κ2) is 10.3. The molecule has 0 aliphatic rings. The molecule has 0 saturated heterocycles. The van der Waals surface area contributed by atoms with E-state index in [2.05, 4.69) is 41.9 Å². The molecule has 3 aromatic carbocycles. The second-order valence-electron chi connectivity index (χ2n) is 8.53. The molecule has 33 heavy (non-hydrogen) atoms. The van der Waals surface area contributed by atoms with Crippen molar-refractivity contribution in [1.82, 2.24) is 14.9 Å². The van der Waals surface area contributed by atoms with Crippen LogP contribution in [0.25, 0.3) is 11.0 Å². The van der Waals surface area contributed by atoms with Crippen molar-refractivity contribution in [3.8, 4) is 5.75 Å². The summed E-state index contributed by atoms with van der Waals surface area (Å²) in [7, 11) is 0. The Hall–Kier alpha value is -3.60. The molecule has 0 radical (unpaired) electrons. The number of imidazole rings is 1. The zero-order valence-electron chi connectivity index (χ0n) is 19.5. The van der Waals surface area contributed by atoms with Gasteiger partial charge in [0.1, 0.15) is 11.6 Å². The Morgan fingerprint density at radius 2 is 1.79 bits per heavy atom. The summed E-state index contributed by atoms with van der Waals surface area (Å²) >= 11 is 0. The van der Waals surface area contributed by atoms with Gasteiger partial charge in [-0.15, -0.1) is 0 Å². The van der Waals surface area contributed by atoms with Gasteiger partial charge in [0.05, 0.1) is 30.1 Å². The number of aryl methyl sites for hydroxylation is 3. The van der Waals surface area contributed by atoms with Crippen LogP contribution in [0.2, 0.25) is 0 Å². The number of nitrogens with one attached hydrogen (secondary N) is 1. The van der Waals surface area contributed by atoms with E-state index < -0.39 is 0 Å². The molecule has 0 saturated carbocycles. The highest BCUT2D eigenvalue weighted by Gasteiger charge is 2.18. The van der Waals surface area contributed by atoms with E-state index in [1.54, 1.807) is 0 Å². The molecule has 1 N–H and O–H groups in total. The number of amides is 1. The van der Waals surface area contributed by atoms with Crippen LogP contribution >= 0.6 is 0 Å². The summed E-state index contributed by atoms with van der Waals surface area (Å²) in [5, 5.41) is 3.12. The zero-order chi connectivity index (χ0) is 23.2. The van der Waals surface area contributed by atoms with Gasteiger partial charge >= 0.3 is 0 Å². The van der Waals surface area contributed by atoms with Crippen LogP contribution < -0.4 is 10.1 Å². The maximum absolute atomic E-state index is 12.6. The molecule has 1 heterocycles. The van der Waals surface area contributed by atoms with Crippen molar-refractivity contribution in [3.63, 3.8) is 0 Å². The van der Waals surface area contributed by atoms with Crippen LogP contribution in [-0.2, 0) is 17.8 Å². The first-order chi connectivity index (χ1) is 16.0. The number of nitrogens with zero attached hydrogens (tertiary/aromatic N) is 2. The molecule has 1 amide bonds. The predicted octanol–water partition coefficient (Wildman–Crippen LogP) is 5.54. The van der Waals surface area contributed by atoms with Gasteiger partial charge in [-0.05, 0) is 56.5 Å². The summed E-state index contributed by atoms with van der Waals surface area (Å²) in [6.07, 6.45) is 1.19. The van der Waals surface area contributed by atoms with Crippen molar-refractivity contribution in [2.75, 3.05) is 6.61 Å². The van der Waals surface area contributed by atoms with Crippen molar-refractivity contribution in [2.24, 2.45) is 0 Å². The van der Waals surface area contributed by atoms with Gasteiger partial charge in [-0.25, -0.2) is 4.98 Å². The van der Waals surface area contributed by atoms with Crippen molar-refractivity contribution in [2.45, 2.75) is 46.2 Å². The summed E-state index contributed by atoms with van der Waals surface area (Å²) < 4.78 is 8.23. The van der Waals surface area contributed by atoms with E-state index in [1.165, 1.54) is 5.56 Å². The monoisotopic (exact) mass is 441 g/mol. The molecule has 170 valence electrons. The number of aromatic nitrogens is 2. The van der Waals surface area contributed by atoms with Crippen LogP contribution in [-0.4, -0.2) is 22.1 Å². The van der Waals surface area contributed by atoms with Crippen LogP contribution in [0.3, 0.4) is 0 Å². The minimum atomic E-state index is -0.200. The quantitative estimate of drug-likeness (QED) is 0.347. The summed E-state index contributed by atoms with van der Waals surface area (Å²) in [5.41, 5.74) is 5.39. The van der Waals surface area contributed by atoms with E-state index in [-0.39, 0.29) is 11.9 Å². The summed E-state index contributed by atoms with van der Waals surface area (Å²) in [6, 6.07) is 23.9. The van der Waals surface area contributed by atoms with E-state index in [0.29, 0.717) is 13.0 Å².